The number of carbonyl (C=O) groups is 1. The van der Waals surface area contributed by atoms with Crippen LogP contribution in [0.2, 0.25) is 5.02 Å². The maximum Gasteiger partial charge on any atom is 0.250 e. The van der Waals surface area contributed by atoms with E-state index in [0.29, 0.717) is 22.2 Å². The van der Waals surface area contributed by atoms with Gasteiger partial charge in [0, 0.05) is 25.2 Å². The number of fused-ring (bicyclic) bond motifs is 1. The van der Waals surface area contributed by atoms with Gasteiger partial charge in [-0.25, -0.2) is 0 Å². The van der Waals surface area contributed by atoms with Crippen LogP contribution in [0.5, 0.6) is 11.5 Å². The van der Waals surface area contributed by atoms with Crippen molar-refractivity contribution in [1.82, 2.24) is 5.32 Å². The van der Waals surface area contributed by atoms with Crippen molar-refractivity contribution < 1.29 is 19.0 Å². The summed E-state index contributed by atoms with van der Waals surface area (Å²) in [5.74, 6) is 0.900. The van der Waals surface area contributed by atoms with Crippen LogP contribution in [0.4, 0.5) is 5.69 Å². The number of carbonyl (C=O) groups excluding carboxylic acids is 1. The Morgan fingerprint density at radius 2 is 2.15 bits per heavy atom. The van der Waals surface area contributed by atoms with E-state index in [1.54, 1.807) is 12.1 Å². The Balaban J connectivity index is 1.61. The molecule has 0 aromatic heterocycles. The molecule has 0 aliphatic carbocycles. The number of halogens is 1. The van der Waals surface area contributed by atoms with Gasteiger partial charge in [0.2, 0.25) is 12.7 Å². The molecule has 0 bridgehead atoms. The van der Waals surface area contributed by atoms with Gasteiger partial charge < -0.3 is 24.8 Å². The molecule has 0 radical (unpaired) electrons. The highest BCUT2D eigenvalue weighted by molar-refractivity contribution is 6.34. The lowest BCUT2D eigenvalue weighted by Crippen LogP contribution is -2.59. The number of benzene rings is 1. The first kappa shape index (κ1) is 13.5. The molecule has 2 N–H and O–H groups in total. The van der Waals surface area contributed by atoms with Gasteiger partial charge >= 0.3 is 0 Å². The SMILES string of the molecule is CC1(OCC(=O)Nc2cc3c(cc2Cl)OCO3)CNC1. The molecule has 0 saturated carbocycles. The molecule has 1 fully saturated rings. The number of hydrogen-bond acceptors (Lipinski definition) is 5. The van der Waals surface area contributed by atoms with Gasteiger partial charge in [0.05, 0.1) is 16.3 Å². The van der Waals surface area contributed by atoms with E-state index in [0.717, 1.165) is 13.1 Å². The van der Waals surface area contributed by atoms with Gasteiger partial charge in [-0.2, -0.15) is 0 Å². The van der Waals surface area contributed by atoms with Crippen LogP contribution < -0.4 is 20.1 Å². The average Bonchev–Trinajstić information content (AvgIpc) is 2.81. The summed E-state index contributed by atoms with van der Waals surface area (Å²) in [5.41, 5.74) is 0.233. The normalized spacial score (nSPS) is 18.5. The summed E-state index contributed by atoms with van der Waals surface area (Å²) in [7, 11) is 0. The van der Waals surface area contributed by atoms with E-state index in [-0.39, 0.29) is 24.9 Å². The van der Waals surface area contributed by atoms with E-state index in [9.17, 15) is 4.79 Å². The molecular formula is C13H15ClN2O4. The Kier molecular flexibility index (Phi) is 3.45. The summed E-state index contributed by atoms with van der Waals surface area (Å²) in [4.78, 5) is 11.9. The van der Waals surface area contributed by atoms with E-state index in [1.807, 2.05) is 6.92 Å². The standard InChI is InChI=1S/C13H15ClN2O4/c1-13(5-15-6-13)20-4-12(17)16-9-3-11-10(2-8(9)14)18-7-19-11/h2-3,15H,4-7H2,1H3,(H,16,17). The Bertz CT molecular complexity index is 545. The van der Waals surface area contributed by atoms with Crippen LogP contribution >= 0.6 is 11.6 Å². The second kappa shape index (κ2) is 5.12. The molecule has 108 valence electrons. The van der Waals surface area contributed by atoms with Crippen LogP contribution in [0.3, 0.4) is 0 Å². The first-order chi connectivity index (χ1) is 9.56. The third-order valence-electron chi connectivity index (χ3n) is 3.29. The van der Waals surface area contributed by atoms with Crippen molar-refractivity contribution in [3.8, 4) is 11.5 Å². The van der Waals surface area contributed by atoms with Crippen molar-refractivity contribution in [3.05, 3.63) is 17.2 Å². The fourth-order valence-electron chi connectivity index (χ4n) is 2.02. The fraction of sp³-hybridized carbons (Fsp3) is 0.462. The Hall–Kier alpha value is -1.50. The molecule has 6 nitrogen and oxygen atoms in total. The van der Waals surface area contributed by atoms with Gasteiger partial charge in [0.25, 0.3) is 0 Å². The Morgan fingerprint density at radius 3 is 2.80 bits per heavy atom. The predicted molar refractivity (Wildman–Crippen MR) is 73.4 cm³/mol. The van der Waals surface area contributed by atoms with Gasteiger partial charge in [-0.1, -0.05) is 11.6 Å². The molecule has 0 spiro atoms. The molecule has 7 heteroatoms. The van der Waals surface area contributed by atoms with Crippen molar-refractivity contribution in [2.45, 2.75) is 12.5 Å². The monoisotopic (exact) mass is 298 g/mol. The van der Waals surface area contributed by atoms with Gasteiger partial charge in [-0.05, 0) is 6.92 Å². The zero-order valence-corrected chi connectivity index (χ0v) is 11.8. The number of anilines is 1. The Morgan fingerprint density at radius 1 is 1.45 bits per heavy atom. The fourth-order valence-corrected chi connectivity index (χ4v) is 2.22. The molecule has 1 aromatic carbocycles. The highest BCUT2D eigenvalue weighted by atomic mass is 35.5. The van der Waals surface area contributed by atoms with E-state index >= 15 is 0 Å². The molecule has 1 amide bonds. The average molecular weight is 299 g/mol. The van der Waals surface area contributed by atoms with Crippen molar-refractivity contribution in [1.29, 1.82) is 0 Å². The van der Waals surface area contributed by atoms with Gasteiger partial charge in [0.15, 0.2) is 11.5 Å². The van der Waals surface area contributed by atoms with E-state index in [2.05, 4.69) is 10.6 Å². The largest absolute Gasteiger partial charge is 0.454 e. The summed E-state index contributed by atoms with van der Waals surface area (Å²) in [6.07, 6.45) is 0. The smallest absolute Gasteiger partial charge is 0.250 e. The number of hydrogen-bond donors (Lipinski definition) is 2. The zero-order valence-electron chi connectivity index (χ0n) is 11.0. The number of amides is 1. The lowest BCUT2D eigenvalue weighted by Gasteiger charge is -2.38. The molecule has 0 unspecified atom stereocenters. The van der Waals surface area contributed by atoms with E-state index < -0.39 is 0 Å². The summed E-state index contributed by atoms with van der Waals surface area (Å²) in [6.45, 7) is 3.63. The molecule has 1 aromatic rings. The van der Waals surface area contributed by atoms with Crippen molar-refractivity contribution >= 4 is 23.2 Å². The quantitative estimate of drug-likeness (QED) is 0.879. The Labute approximate surface area is 121 Å². The lowest BCUT2D eigenvalue weighted by molar-refractivity contribution is -0.130. The summed E-state index contributed by atoms with van der Waals surface area (Å²) in [5, 5.41) is 6.22. The molecule has 3 rings (SSSR count). The number of rotatable bonds is 4. The minimum Gasteiger partial charge on any atom is -0.454 e. The minimum absolute atomic E-state index is 0.0110. The summed E-state index contributed by atoms with van der Waals surface area (Å²) in [6, 6.07) is 3.27. The maximum atomic E-state index is 11.9. The first-order valence-corrected chi connectivity index (χ1v) is 6.67. The molecular weight excluding hydrogens is 284 g/mol. The van der Waals surface area contributed by atoms with Crippen molar-refractivity contribution in [2.24, 2.45) is 0 Å². The third kappa shape index (κ3) is 2.67. The molecule has 1 saturated heterocycles. The highest BCUT2D eigenvalue weighted by Crippen LogP contribution is 2.39. The van der Waals surface area contributed by atoms with Gasteiger partial charge in [0.1, 0.15) is 6.61 Å². The van der Waals surface area contributed by atoms with Gasteiger partial charge in [-0.3, -0.25) is 4.79 Å². The van der Waals surface area contributed by atoms with E-state index in [4.69, 9.17) is 25.8 Å². The van der Waals surface area contributed by atoms with Crippen LogP contribution in [0, 0.1) is 0 Å². The molecule has 0 atom stereocenters. The third-order valence-corrected chi connectivity index (χ3v) is 3.60. The topological polar surface area (TPSA) is 68.8 Å². The summed E-state index contributed by atoms with van der Waals surface area (Å²) < 4.78 is 16.0. The molecule has 2 heterocycles. The minimum atomic E-state index is -0.254. The van der Waals surface area contributed by atoms with Crippen molar-refractivity contribution in [3.63, 3.8) is 0 Å². The second-order valence-electron chi connectivity index (χ2n) is 5.08. The predicted octanol–water partition coefficient (Wildman–Crippen LogP) is 1.39. The second-order valence-corrected chi connectivity index (χ2v) is 5.48. The number of nitrogens with one attached hydrogen (secondary N) is 2. The van der Waals surface area contributed by atoms with Crippen LogP contribution in [0.15, 0.2) is 12.1 Å². The number of ether oxygens (including phenoxy) is 3. The van der Waals surface area contributed by atoms with Crippen LogP contribution in [-0.4, -0.2) is 38.0 Å². The van der Waals surface area contributed by atoms with Crippen LogP contribution in [0.1, 0.15) is 6.92 Å². The molecule has 2 aliphatic rings. The maximum absolute atomic E-state index is 11.9. The van der Waals surface area contributed by atoms with Gasteiger partial charge in [-0.15, -0.1) is 0 Å². The van der Waals surface area contributed by atoms with Crippen LogP contribution in [-0.2, 0) is 9.53 Å². The van der Waals surface area contributed by atoms with Crippen molar-refractivity contribution in [2.75, 3.05) is 31.8 Å². The molecule has 20 heavy (non-hydrogen) atoms. The van der Waals surface area contributed by atoms with Crippen LogP contribution in [0.25, 0.3) is 0 Å². The van der Waals surface area contributed by atoms with E-state index in [1.165, 1.54) is 0 Å². The first-order valence-electron chi connectivity index (χ1n) is 6.29. The summed E-state index contributed by atoms with van der Waals surface area (Å²) >= 11 is 6.08. The zero-order chi connectivity index (χ0) is 14.2. The molecule has 2 aliphatic heterocycles. The highest BCUT2D eigenvalue weighted by Gasteiger charge is 2.33. The lowest BCUT2D eigenvalue weighted by atomic mass is 10.0.